The Morgan fingerprint density at radius 2 is 1.00 bits per heavy atom. The lowest BCUT2D eigenvalue weighted by Crippen LogP contribution is -2.05. The van der Waals surface area contributed by atoms with Crippen LogP contribution in [0.25, 0.3) is 33.2 Å². The number of nitrogens with zero attached hydrogens (tertiary/aromatic N) is 1. The highest BCUT2D eigenvalue weighted by molar-refractivity contribution is 6.01. The summed E-state index contributed by atoms with van der Waals surface area (Å²) in [5, 5.41) is 2.12. The summed E-state index contributed by atoms with van der Waals surface area (Å²) >= 11 is 0. The predicted octanol–water partition coefficient (Wildman–Crippen LogP) is 7.00. The Hall–Kier alpha value is -3.91. The normalized spacial score (nSPS) is 11.7. The third kappa shape index (κ3) is 3.37. The third-order valence-electron chi connectivity index (χ3n) is 4.94. The van der Waals surface area contributed by atoms with E-state index in [9.17, 15) is 0 Å². The molecule has 1 aromatic heterocycles. The Kier molecular flexibility index (Phi) is 4.51. The van der Waals surface area contributed by atoms with Crippen molar-refractivity contribution in [3.05, 3.63) is 121 Å². The summed E-state index contributed by atoms with van der Waals surface area (Å²) in [4.78, 5) is 4.82. The highest BCUT2D eigenvalue weighted by Crippen LogP contribution is 2.36. The van der Waals surface area contributed by atoms with E-state index >= 15 is 0 Å². The molecule has 138 valence electrons. The second kappa shape index (κ2) is 7.61. The van der Waals surface area contributed by atoms with Crippen LogP contribution < -0.4 is 5.55 Å². The zero-order valence-electron chi connectivity index (χ0n) is 15.8. The van der Waals surface area contributed by atoms with Gasteiger partial charge in [-0.05, 0) is 29.1 Å². The van der Waals surface area contributed by atoms with Gasteiger partial charge in [0.05, 0.1) is 5.69 Å². The highest BCUT2D eigenvalue weighted by atomic mass is 16.3. The van der Waals surface area contributed by atoms with Crippen LogP contribution in [0.5, 0.6) is 0 Å². The molecule has 0 aliphatic heterocycles. The topological polar surface area (TPSA) is 25.5 Å². The van der Waals surface area contributed by atoms with Crippen LogP contribution in [-0.2, 0) is 0 Å². The van der Waals surface area contributed by atoms with E-state index in [1.54, 1.807) is 0 Å². The monoisotopic (exact) mass is 373 g/mol. The first-order valence-electron chi connectivity index (χ1n) is 9.66. The molecule has 1 heterocycles. The molecule has 5 aromatic rings. The van der Waals surface area contributed by atoms with E-state index in [2.05, 4.69) is 54.6 Å². The van der Waals surface area contributed by atoms with Crippen LogP contribution in [-0.4, -0.2) is 0 Å². The van der Waals surface area contributed by atoms with Crippen LogP contribution in [0, 0.1) is 0 Å². The minimum Gasteiger partial charge on any atom is -0.437 e. The van der Waals surface area contributed by atoms with E-state index in [4.69, 9.17) is 9.41 Å². The van der Waals surface area contributed by atoms with E-state index in [-0.39, 0.29) is 0 Å². The summed E-state index contributed by atoms with van der Waals surface area (Å²) in [5.41, 5.74) is 4.72. The molecule has 0 saturated carbocycles. The van der Waals surface area contributed by atoms with Crippen molar-refractivity contribution in [2.75, 3.05) is 0 Å². The minimum absolute atomic E-state index is 0.616. The van der Waals surface area contributed by atoms with Crippen molar-refractivity contribution in [1.29, 1.82) is 0 Å². The van der Waals surface area contributed by atoms with Gasteiger partial charge in [-0.25, -0.2) is 4.99 Å². The second-order valence-electron chi connectivity index (χ2n) is 6.84. The first-order chi connectivity index (χ1) is 14.4. The molecule has 0 N–H and O–H groups in total. The number of hydrogen-bond donors (Lipinski definition) is 0. The van der Waals surface area contributed by atoms with Gasteiger partial charge in [-0.1, -0.05) is 97.1 Å². The molecule has 0 aliphatic carbocycles. The average molecular weight is 373 g/mol. The van der Waals surface area contributed by atoms with Gasteiger partial charge in [0.15, 0.2) is 0 Å². The van der Waals surface area contributed by atoms with Crippen LogP contribution in [0.1, 0.15) is 0 Å². The van der Waals surface area contributed by atoms with Gasteiger partial charge in [0.1, 0.15) is 5.76 Å². The molecule has 29 heavy (non-hydrogen) atoms. The Balaban J connectivity index is 1.91. The van der Waals surface area contributed by atoms with Crippen molar-refractivity contribution in [3.63, 3.8) is 0 Å². The van der Waals surface area contributed by atoms with Gasteiger partial charge in [0.2, 0.25) is 5.55 Å². The molecular weight excluding hydrogens is 354 g/mol. The fraction of sp³-hybridized carbons (Fsp3) is 0. The Morgan fingerprint density at radius 3 is 1.66 bits per heavy atom. The summed E-state index contributed by atoms with van der Waals surface area (Å²) in [6.07, 6.45) is 0. The molecule has 2 nitrogen and oxygen atoms in total. The van der Waals surface area contributed by atoms with Gasteiger partial charge < -0.3 is 4.42 Å². The molecule has 4 aromatic carbocycles. The lowest BCUT2D eigenvalue weighted by Gasteiger charge is -2.13. The van der Waals surface area contributed by atoms with Crippen molar-refractivity contribution in [3.8, 4) is 22.5 Å². The maximum absolute atomic E-state index is 6.50. The second-order valence-corrected chi connectivity index (χ2v) is 6.84. The lowest BCUT2D eigenvalue weighted by atomic mass is 9.95. The van der Waals surface area contributed by atoms with Crippen molar-refractivity contribution < 1.29 is 4.42 Å². The Morgan fingerprint density at radius 1 is 0.483 bits per heavy atom. The summed E-state index contributed by atoms with van der Waals surface area (Å²) in [6, 6.07) is 38.8. The fourth-order valence-corrected chi connectivity index (χ4v) is 3.60. The summed E-state index contributed by atoms with van der Waals surface area (Å²) in [5.74, 6) is 0.824. The maximum atomic E-state index is 6.50. The van der Waals surface area contributed by atoms with E-state index in [0.29, 0.717) is 5.55 Å². The van der Waals surface area contributed by atoms with Crippen LogP contribution in [0.4, 0.5) is 5.69 Å². The molecule has 0 atom stereocenters. The van der Waals surface area contributed by atoms with E-state index in [1.165, 1.54) is 0 Å². The molecule has 0 unspecified atom stereocenters. The van der Waals surface area contributed by atoms with E-state index in [1.807, 2.05) is 60.7 Å². The largest absolute Gasteiger partial charge is 0.437 e. The molecule has 0 spiro atoms. The fourth-order valence-electron chi connectivity index (χ4n) is 3.60. The molecule has 0 amide bonds. The number of fused-ring (bicyclic) bond motifs is 1. The molecule has 0 fully saturated rings. The lowest BCUT2D eigenvalue weighted by molar-refractivity contribution is 0.522. The maximum Gasteiger partial charge on any atom is 0.227 e. The zero-order chi connectivity index (χ0) is 19.5. The van der Waals surface area contributed by atoms with Crippen LogP contribution in [0.15, 0.2) is 125 Å². The summed E-state index contributed by atoms with van der Waals surface area (Å²) in [7, 11) is 0. The van der Waals surface area contributed by atoms with Gasteiger partial charge in [0.25, 0.3) is 0 Å². The van der Waals surface area contributed by atoms with Crippen molar-refractivity contribution in [2.45, 2.75) is 0 Å². The molecule has 0 saturated heterocycles. The minimum atomic E-state index is 0.616. The molecule has 2 heteroatoms. The molecule has 5 rings (SSSR count). The Labute approximate surface area is 169 Å². The number of benzene rings is 4. The van der Waals surface area contributed by atoms with Crippen molar-refractivity contribution in [2.24, 2.45) is 4.99 Å². The van der Waals surface area contributed by atoms with Crippen LogP contribution in [0.3, 0.4) is 0 Å². The zero-order valence-corrected chi connectivity index (χ0v) is 15.8. The smallest absolute Gasteiger partial charge is 0.227 e. The first-order valence-corrected chi connectivity index (χ1v) is 9.66. The SMILES string of the molecule is c1ccc(N=c2oc(-c3ccccc3)c(-c3ccccc3)c3ccccc23)cc1. The van der Waals surface area contributed by atoms with Gasteiger partial charge in [-0.15, -0.1) is 0 Å². The standard InChI is InChI=1S/C27H19NO/c1-4-12-20(13-5-1)25-23-18-10-11-19-24(23)27(28-22-16-8-3-9-17-22)29-26(25)21-14-6-2-7-15-21/h1-19H. The summed E-state index contributed by atoms with van der Waals surface area (Å²) < 4.78 is 6.50. The number of para-hydroxylation sites is 1. The summed E-state index contributed by atoms with van der Waals surface area (Å²) in [6.45, 7) is 0. The van der Waals surface area contributed by atoms with Crippen molar-refractivity contribution in [1.82, 2.24) is 0 Å². The highest BCUT2D eigenvalue weighted by Gasteiger charge is 2.16. The first kappa shape index (κ1) is 17.2. The quantitative estimate of drug-likeness (QED) is 0.334. The van der Waals surface area contributed by atoms with Gasteiger partial charge in [-0.2, -0.15) is 0 Å². The Bertz CT molecular complexity index is 1320. The molecule has 0 radical (unpaired) electrons. The van der Waals surface area contributed by atoms with Crippen LogP contribution in [0.2, 0.25) is 0 Å². The average Bonchev–Trinajstić information content (AvgIpc) is 2.81. The molecular formula is C27H19NO. The number of hydrogen-bond acceptors (Lipinski definition) is 2. The third-order valence-corrected chi connectivity index (χ3v) is 4.94. The van der Waals surface area contributed by atoms with Gasteiger partial charge >= 0.3 is 0 Å². The van der Waals surface area contributed by atoms with Gasteiger partial charge in [-0.3, -0.25) is 0 Å². The van der Waals surface area contributed by atoms with E-state index in [0.717, 1.165) is 38.9 Å². The van der Waals surface area contributed by atoms with Crippen molar-refractivity contribution >= 4 is 16.5 Å². The van der Waals surface area contributed by atoms with E-state index < -0.39 is 0 Å². The molecule has 0 bridgehead atoms. The predicted molar refractivity (Wildman–Crippen MR) is 119 cm³/mol. The van der Waals surface area contributed by atoms with Crippen LogP contribution >= 0.6 is 0 Å². The molecule has 0 aliphatic rings. The van der Waals surface area contributed by atoms with Gasteiger partial charge in [0, 0.05) is 16.5 Å². The number of rotatable bonds is 3.